The SMILES string of the molecule is CC(C)(C)[N+](Cl)(C(=O)c1ccc(Cl)cc1)N(Cl)C(=O)c1ccccc1Br.Cl. The first-order chi connectivity index (χ1) is 12.0. The van der Waals surface area contributed by atoms with Crippen molar-refractivity contribution in [2.45, 2.75) is 26.3 Å². The molecule has 0 radical (unpaired) electrons. The quantitative estimate of drug-likeness (QED) is 0.332. The van der Waals surface area contributed by atoms with Crippen LogP contribution >= 0.6 is 63.5 Å². The Hall–Kier alpha value is -0.820. The molecule has 1 unspecified atom stereocenters. The molecular weight excluding hydrogens is 498 g/mol. The Morgan fingerprint density at radius 1 is 1.04 bits per heavy atom. The van der Waals surface area contributed by atoms with Gasteiger partial charge in [-0.2, -0.15) is 0 Å². The summed E-state index contributed by atoms with van der Waals surface area (Å²) in [6.45, 7) is 5.16. The van der Waals surface area contributed by atoms with Crippen LogP contribution in [0.4, 0.5) is 0 Å². The summed E-state index contributed by atoms with van der Waals surface area (Å²) < 4.78 is 0.293. The Bertz CT molecular complexity index is 840. The summed E-state index contributed by atoms with van der Waals surface area (Å²) >= 11 is 22.3. The number of hydrogen-bond acceptors (Lipinski definition) is 2. The Balaban J connectivity index is 0.00000364. The first kappa shape index (κ1) is 24.2. The number of carbonyl (C=O) groups excluding carboxylic acids is 2. The van der Waals surface area contributed by atoms with Gasteiger partial charge in [-0.15, -0.1) is 12.4 Å². The molecular formula is C18H18BrCl4N2O2+. The predicted octanol–water partition coefficient (Wildman–Crippen LogP) is 6.64. The molecule has 1 atom stereocenters. The van der Waals surface area contributed by atoms with Gasteiger partial charge in [0.1, 0.15) is 5.54 Å². The Kier molecular flexibility index (Phi) is 8.18. The summed E-state index contributed by atoms with van der Waals surface area (Å²) in [4.78, 5) is 26.1. The molecule has 0 saturated heterocycles. The number of rotatable bonds is 2. The molecule has 0 aliphatic carbocycles. The molecule has 0 aromatic heterocycles. The van der Waals surface area contributed by atoms with Crippen molar-refractivity contribution in [1.29, 1.82) is 0 Å². The molecule has 0 fully saturated rings. The summed E-state index contributed by atoms with van der Waals surface area (Å²) in [5, 5.41) is 0.483. The second-order valence-electron chi connectivity index (χ2n) is 6.58. The van der Waals surface area contributed by atoms with Crippen LogP contribution in [0.1, 0.15) is 41.5 Å². The van der Waals surface area contributed by atoms with Crippen LogP contribution in [-0.4, -0.2) is 26.0 Å². The molecule has 4 nitrogen and oxygen atoms in total. The lowest BCUT2D eigenvalue weighted by Gasteiger charge is -2.40. The number of halogens is 5. The van der Waals surface area contributed by atoms with Crippen molar-refractivity contribution in [3.8, 4) is 0 Å². The molecule has 0 saturated carbocycles. The zero-order valence-electron chi connectivity index (χ0n) is 14.7. The van der Waals surface area contributed by atoms with Gasteiger partial charge in [-0.05, 0) is 77.2 Å². The van der Waals surface area contributed by atoms with Gasteiger partial charge in [0.05, 0.1) is 22.9 Å². The van der Waals surface area contributed by atoms with Crippen molar-refractivity contribution in [3.05, 3.63) is 69.2 Å². The minimum absolute atomic E-state index is 0. The summed E-state index contributed by atoms with van der Waals surface area (Å²) in [5.41, 5.74) is -0.347. The minimum Gasteiger partial charge on any atom is -0.262 e. The van der Waals surface area contributed by atoms with Gasteiger partial charge in [-0.1, -0.05) is 28.3 Å². The van der Waals surface area contributed by atoms with Crippen molar-refractivity contribution < 1.29 is 13.7 Å². The van der Waals surface area contributed by atoms with Gasteiger partial charge < -0.3 is 0 Å². The molecule has 2 aromatic rings. The highest BCUT2D eigenvalue weighted by Gasteiger charge is 2.56. The molecule has 0 N–H and O–H groups in total. The maximum Gasteiger partial charge on any atom is 0.390 e. The van der Waals surface area contributed by atoms with Gasteiger partial charge in [0.2, 0.25) is 11.8 Å². The highest BCUT2D eigenvalue weighted by molar-refractivity contribution is 9.10. The second kappa shape index (κ2) is 9.12. The number of nitrogens with zero attached hydrogens (tertiary/aromatic N) is 2. The first-order valence-corrected chi connectivity index (χ1v) is 9.49. The van der Waals surface area contributed by atoms with Gasteiger partial charge in [-0.25, -0.2) is 4.79 Å². The van der Waals surface area contributed by atoms with Crippen molar-refractivity contribution in [3.63, 3.8) is 0 Å². The topological polar surface area (TPSA) is 37.4 Å². The number of quaternary nitrogens is 1. The van der Waals surface area contributed by atoms with Crippen molar-refractivity contribution in [2.24, 2.45) is 0 Å². The highest BCUT2D eigenvalue weighted by Crippen LogP contribution is 2.37. The molecule has 146 valence electrons. The fourth-order valence-electron chi connectivity index (χ4n) is 2.27. The third-order valence-electron chi connectivity index (χ3n) is 3.76. The zero-order valence-corrected chi connectivity index (χ0v) is 19.4. The molecule has 0 spiro atoms. The van der Waals surface area contributed by atoms with Gasteiger partial charge in [-0.3, -0.25) is 4.79 Å². The molecule has 0 bridgehead atoms. The van der Waals surface area contributed by atoms with Gasteiger partial charge in [0.25, 0.3) is 0 Å². The fourth-order valence-corrected chi connectivity index (χ4v) is 3.40. The number of hydrogen-bond donors (Lipinski definition) is 0. The van der Waals surface area contributed by atoms with Crippen LogP contribution in [0.3, 0.4) is 0 Å². The molecule has 2 rings (SSSR count). The molecule has 2 amide bonds. The standard InChI is InChI=1S/C18H17BrCl3N2O2.ClH/c1-18(2,3)24(22,17(26)12-8-10-13(20)11-9-12)23(21)16(25)14-6-4-5-7-15(14)19;/h4-11H,1-3H3;1H/q+1;. The van der Waals surface area contributed by atoms with Gasteiger partial charge >= 0.3 is 11.8 Å². The van der Waals surface area contributed by atoms with E-state index in [4.69, 9.17) is 35.2 Å². The van der Waals surface area contributed by atoms with Gasteiger partial charge in [0, 0.05) is 9.50 Å². The molecule has 27 heavy (non-hydrogen) atoms. The van der Waals surface area contributed by atoms with Crippen LogP contribution < -0.4 is 0 Å². The summed E-state index contributed by atoms with van der Waals surface area (Å²) in [7, 11) is 0. The van der Waals surface area contributed by atoms with Crippen LogP contribution in [-0.2, 0) is 0 Å². The van der Waals surface area contributed by atoms with E-state index in [0.29, 0.717) is 15.1 Å². The van der Waals surface area contributed by atoms with Gasteiger partial charge in [0.15, 0.2) is 0 Å². The van der Waals surface area contributed by atoms with E-state index in [0.717, 1.165) is 4.53 Å². The lowest BCUT2D eigenvalue weighted by atomic mass is 10.1. The Morgan fingerprint density at radius 2 is 1.56 bits per heavy atom. The molecule has 0 aliphatic heterocycles. The zero-order chi connectivity index (χ0) is 19.7. The van der Waals surface area contributed by atoms with Crippen LogP contribution in [0.25, 0.3) is 0 Å². The smallest absolute Gasteiger partial charge is 0.262 e. The highest BCUT2D eigenvalue weighted by atomic mass is 79.9. The molecule has 9 heteroatoms. The fraction of sp³-hybridized carbons (Fsp3) is 0.222. The average molecular weight is 516 g/mol. The van der Waals surface area contributed by atoms with Crippen molar-refractivity contribution in [2.75, 3.05) is 0 Å². The summed E-state index contributed by atoms with van der Waals surface area (Å²) in [6, 6.07) is 13.0. The normalized spacial score (nSPS) is 13.3. The van der Waals surface area contributed by atoms with E-state index in [2.05, 4.69) is 15.9 Å². The minimum atomic E-state index is -0.976. The maximum atomic E-state index is 13.2. The Morgan fingerprint density at radius 3 is 2.04 bits per heavy atom. The predicted molar refractivity (Wildman–Crippen MR) is 115 cm³/mol. The number of benzene rings is 2. The van der Waals surface area contributed by atoms with Crippen LogP contribution in [0.2, 0.25) is 5.02 Å². The molecule has 2 aromatic carbocycles. The Labute approximate surface area is 188 Å². The van der Waals surface area contributed by atoms with E-state index in [1.54, 1.807) is 69.3 Å². The largest absolute Gasteiger partial charge is 0.390 e. The monoisotopic (exact) mass is 513 g/mol. The van der Waals surface area contributed by atoms with Crippen LogP contribution in [0.5, 0.6) is 0 Å². The number of carbonyl (C=O) groups is 2. The second-order valence-corrected chi connectivity index (χ2v) is 8.68. The lowest BCUT2D eigenvalue weighted by Crippen LogP contribution is -2.64. The van der Waals surface area contributed by atoms with Crippen LogP contribution in [0.15, 0.2) is 53.0 Å². The molecule has 0 aliphatic rings. The van der Waals surface area contributed by atoms with E-state index in [-0.39, 0.29) is 18.0 Å². The van der Waals surface area contributed by atoms with E-state index in [9.17, 15) is 9.59 Å². The lowest BCUT2D eigenvalue weighted by molar-refractivity contribution is -0.871. The molecule has 0 heterocycles. The van der Waals surface area contributed by atoms with E-state index < -0.39 is 21.5 Å². The summed E-state index contributed by atoms with van der Waals surface area (Å²) in [6.07, 6.45) is 0. The number of amides is 2. The summed E-state index contributed by atoms with van der Waals surface area (Å²) in [5.74, 6) is -1.15. The average Bonchev–Trinajstić information content (AvgIpc) is 2.59. The van der Waals surface area contributed by atoms with E-state index >= 15 is 0 Å². The van der Waals surface area contributed by atoms with Crippen molar-refractivity contribution in [1.82, 2.24) is 4.53 Å². The van der Waals surface area contributed by atoms with E-state index in [1.807, 2.05) is 0 Å². The first-order valence-electron chi connectivity index (χ1n) is 7.64. The maximum absolute atomic E-state index is 13.2. The van der Waals surface area contributed by atoms with Crippen molar-refractivity contribution >= 4 is 75.3 Å². The third kappa shape index (κ3) is 4.78. The third-order valence-corrected chi connectivity index (χ3v) is 5.98. The van der Waals surface area contributed by atoms with Crippen LogP contribution in [0, 0.1) is 0 Å². The van der Waals surface area contributed by atoms with E-state index in [1.165, 1.54) is 0 Å².